The van der Waals surface area contributed by atoms with Crippen molar-refractivity contribution in [1.82, 2.24) is 4.90 Å². The van der Waals surface area contributed by atoms with E-state index in [0.29, 0.717) is 24.0 Å². The van der Waals surface area contributed by atoms with Crippen molar-refractivity contribution in [3.05, 3.63) is 33.8 Å². The normalized spacial score (nSPS) is 14.2. The summed E-state index contributed by atoms with van der Waals surface area (Å²) in [5.74, 6) is 0.0811. The van der Waals surface area contributed by atoms with Crippen LogP contribution in [0.5, 0.6) is 0 Å². The van der Waals surface area contributed by atoms with Crippen molar-refractivity contribution >= 4 is 39.0 Å². The summed E-state index contributed by atoms with van der Waals surface area (Å²) >= 11 is 8.37. The molecule has 3 nitrogen and oxygen atoms in total. The third kappa shape index (κ3) is 3.54. The Morgan fingerprint density at radius 1 is 1.53 bits per heavy atom. The highest BCUT2D eigenvalue weighted by Crippen LogP contribution is 2.30. The zero-order valence-electron chi connectivity index (χ0n) is 10.9. The van der Waals surface area contributed by atoms with Crippen molar-refractivity contribution in [1.29, 1.82) is 0 Å². The Bertz CT molecular complexity index is 514. The minimum Gasteiger partial charge on any atom is -0.393 e. The molecule has 0 atom stereocenters. The lowest BCUT2D eigenvalue weighted by molar-refractivity contribution is 0.0747. The van der Waals surface area contributed by atoms with Crippen LogP contribution in [-0.2, 0) is 0 Å². The minimum absolute atomic E-state index is 0.0811. The van der Waals surface area contributed by atoms with E-state index in [0.717, 1.165) is 28.4 Å². The molecule has 2 rings (SSSR count). The maximum absolute atomic E-state index is 12.6. The van der Waals surface area contributed by atoms with Crippen LogP contribution in [0, 0.1) is 6.92 Å². The Labute approximate surface area is 127 Å². The Hall–Kier alpha value is -0.940. The van der Waals surface area contributed by atoms with Gasteiger partial charge in [-0.05, 0) is 37.5 Å². The van der Waals surface area contributed by atoms with Crippen molar-refractivity contribution < 1.29 is 4.79 Å². The molecule has 1 fully saturated rings. The van der Waals surface area contributed by atoms with Gasteiger partial charge in [0.1, 0.15) is 0 Å². The molecule has 0 spiro atoms. The van der Waals surface area contributed by atoms with Gasteiger partial charge in [-0.15, -0.1) is 0 Å². The molecule has 1 saturated carbocycles. The van der Waals surface area contributed by atoms with E-state index in [4.69, 9.17) is 18.0 Å². The fourth-order valence-corrected chi connectivity index (χ4v) is 2.52. The van der Waals surface area contributed by atoms with E-state index in [1.54, 1.807) is 0 Å². The average molecular weight is 341 g/mol. The number of nitrogens with two attached hydrogens (primary N) is 1. The fraction of sp³-hybridized carbons (Fsp3) is 0.429. The molecular formula is C14H17BrN2OS. The third-order valence-corrected chi connectivity index (χ3v) is 4.41. The molecule has 102 valence electrons. The van der Waals surface area contributed by atoms with Crippen LogP contribution in [0.3, 0.4) is 0 Å². The number of amides is 1. The van der Waals surface area contributed by atoms with Crippen molar-refractivity contribution in [2.45, 2.75) is 32.2 Å². The van der Waals surface area contributed by atoms with Gasteiger partial charge >= 0.3 is 0 Å². The molecule has 0 aromatic heterocycles. The lowest BCUT2D eigenvalue weighted by Crippen LogP contribution is -2.36. The Kier molecular flexibility index (Phi) is 4.58. The van der Waals surface area contributed by atoms with Crippen LogP contribution in [0.15, 0.2) is 22.7 Å². The predicted molar refractivity (Wildman–Crippen MR) is 84.3 cm³/mol. The molecule has 0 heterocycles. The highest BCUT2D eigenvalue weighted by Gasteiger charge is 2.33. The van der Waals surface area contributed by atoms with Gasteiger partial charge in [0.15, 0.2) is 0 Å². The number of carbonyl (C=O) groups excluding carboxylic acids is 1. The number of benzene rings is 1. The molecule has 0 aliphatic heterocycles. The first-order valence-corrected chi connectivity index (χ1v) is 7.55. The number of thiocarbonyl (C=S) groups is 1. The summed E-state index contributed by atoms with van der Waals surface area (Å²) in [6, 6.07) is 6.07. The summed E-state index contributed by atoms with van der Waals surface area (Å²) in [4.78, 5) is 15.0. The molecule has 0 saturated heterocycles. The van der Waals surface area contributed by atoms with E-state index in [-0.39, 0.29) is 5.91 Å². The van der Waals surface area contributed by atoms with Gasteiger partial charge in [0.25, 0.3) is 5.91 Å². The highest BCUT2D eigenvalue weighted by atomic mass is 79.9. The predicted octanol–water partition coefficient (Wildman–Crippen LogP) is 3.04. The van der Waals surface area contributed by atoms with Crippen molar-refractivity contribution in [2.75, 3.05) is 6.54 Å². The molecular weight excluding hydrogens is 324 g/mol. The lowest BCUT2D eigenvalue weighted by Gasteiger charge is -2.23. The van der Waals surface area contributed by atoms with Gasteiger partial charge in [0, 0.05) is 29.0 Å². The Morgan fingerprint density at radius 3 is 2.79 bits per heavy atom. The minimum atomic E-state index is 0.0811. The third-order valence-electron chi connectivity index (χ3n) is 3.35. The number of rotatable bonds is 5. The monoisotopic (exact) mass is 340 g/mol. The number of hydrogen-bond donors (Lipinski definition) is 1. The number of halogens is 1. The summed E-state index contributed by atoms with van der Waals surface area (Å²) in [5, 5.41) is 0. The average Bonchev–Trinajstić information content (AvgIpc) is 3.17. The van der Waals surface area contributed by atoms with E-state index in [2.05, 4.69) is 15.9 Å². The second kappa shape index (κ2) is 6.01. The van der Waals surface area contributed by atoms with Crippen LogP contribution in [0.25, 0.3) is 0 Å². The molecule has 5 heteroatoms. The number of hydrogen-bond acceptors (Lipinski definition) is 2. The summed E-state index contributed by atoms with van der Waals surface area (Å²) in [5.41, 5.74) is 7.27. The lowest BCUT2D eigenvalue weighted by atomic mass is 10.1. The Morgan fingerprint density at radius 2 is 2.21 bits per heavy atom. The van der Waals surface area contributed by atoms with Crippen LogP contribution < -0.4 is 5.73 Å². The van der Waals surface area contributed by atoms with Crippen LogP contribution in [0.2, 0.25) is 0 Å². The van der Waals surface area contributed by atoms with Gasteiger partial charge in [-0.1, -0.05) is 34.2 Å². The molecule has 0 unspecified atom stereocenters. The molecule has 1 amide bonds. The largest absolute Gasteiger partial charge is 0.393 e. The molecule has 1 aliphatic rings. The fourth-order valence-electron chi connectivity index (χ4n) is 2.06. The van der Waals surface area contributed by atoms with Crippen LogP contribution in [-0.4, -0.2) is 28.4 Å². The zero-order valence-corrected chi connectivity index (χ0v) is 13.3. The molecule has 1 aromatic rings. The van der Waals surface area contributed by atoms with E-state index in [9.17, 15) is 4.79 Å². The first-order chi connectivity index (χ1) is 9.00. The molecule has 0 radical (unpaired) electrons. The SMILES string of the molecule is Cc1c(Br)cccc1C(=O)N(CCC(N)=S)C1CC1. The summed E-state index contributed by atoms with van der Waals surface area (Å²) in [7, 11) is 0. The van der Waals surface area contributed by atoms with Crippen molar-refractivity contribution in [3.63, 3.8) is 0 Å². The van der Waals surface area contributed by atoms with Crippen molar-refractivity contribution in [3.8, 4) is 0 Å². The quantitative estimate of drug-likeness (QED) is 0.838. The molecule has 0 bridgehead atoms. The van der Waals surface area contributed by atoms with Gasteiger partial charge in [-0.25, -0.2) is 0 Å². The van der Waals surface area contributed by atoms with E-state index >= 15 is 0 Å². The van der Waals surface area contributed by atoms with Crippen LogP contribution in [0.4, 0.5) is 0 Å². The van der Waals surface area contributed by atoms with E-state index < -0.39 is 0 Å². The second-order valence-corrected chi connectivity index (χ2v) is 6.24. The number of carbonyl (C=O) groups is 1. The van der Waals surface area contributed by atoms with E-state index in [1.807, 2.05) is 30.0 Å². The van der Waals surface area contributed by atoms with E-state index in [1.165, 1.54) is 0 Å². The summed E-state index contributed by atoms with van der Waals surface area (Å²) in [6.07, 6.45) is 2.75. The number of nitrogens with zero attached hydrogens (tertiary/aromatic N) is 1. The van der Waals surface area contributed by atoms with Gasteiger partial charge in [0.05, 0.1) is 4.99 Å². The van der Waals surface area contributed by atoms with Gasteiger partial charge in [0.2, 0.25) is 0 Å². The van der Waals surface area contributed by atoms with Gasteiger partial charge in [-0.3, -0.25) is 4.79 Å². The maximum atomic E-state index is 12.6. The first-order valence-electron chi connectivity index (χ1n) is 6.35. The van der Waals surface area contributed by atoms with Gasteiger partial charge < -0.3 is 10.6 Å². The molecule has 1 aliphatic carbocycles. The smallest absolute Gasteiger partial charge is 0.254 e. The molecule has 19 heavy (non-hydrogen) atoms. The first kappa shape index (κ1) is 14.5. The summed E-state index contributed by atoms with van der Waals surface area (Å²) < 4.78 is 0.962. The topological polar surface area (TPSA) is 46.3 Å². The second-order valence-electron chi connectivity index (χ2n) is 4.86. The summed E-state index contributed by atoms with van der Waals surface area (Å²) in [6.45, 7) is 2.57. The zero-order chi connectivity index (χ0) is 14.0. The Balaban J connectivity index is 2.19. The molecule has 1 aromatic carbocycles. The van der Waals surface area contributed by atoms with Crippen LogP contribution in [0.1, 0.15) is 35.2 Å². The highest BCUT2D eigenvalue weighted by molar-refractivity contribution is 9.10. The standard InChI is InChI=1S/C14H17BrN2OS/c1-9-11(3-2-4-12(9)15)14(18)17(10-5-6-10)8-7-13(16)19/h2-4,10H,5-8H2,1H3,(H2,16,19). The maximum Gasteiger partial charge on any atom is 0.254 e. The van der Waals surface area contributed by atoms with Gasteiger partial charge in [-0.2, -0.15) is 0 Å². The van der Waals surface area contributed by atoms with Crippen molar-refractivity contribution in [2.24, 2.45) is 5.73 Å². The van der Waals surface area contributed by atoms with Crippen LogP contribution >= 0.6 is 28.1 Å². The molecule has 2 N–H and O–H groups in total.